The minimum Gasteiger partial charge on any atom is -0.290 e. The lowest BCUT2D eigenvalue weighted by Crippen LogP contribution is -2.71. The number of likely N-dealkylation sites (tertiary alicyclic amines) is 1. The average molecular weight is 415 g/mol. The molecule has 5 nitrogen and oxygen atoms in total. The number of rotatable bonds is 6. The van der Waals surface area contributed by atoms with E-state index in [0.717, 1.165) is 24.8 Å². The van der Waals surface area contributed by atoms with Crippen LogP contribution < -0.4 is 0 Å². The molecule has 2 aliphatic rings. The number of nitrogens with zero attached hydrogens (tertiary/aromatic N) is 2. The zero-order valence-corrected chi connectivity index (χ0v) is 19.5. The van der Waals surface area contributed by atoms with Crippen LogP contribution in [0.4, 0.5) is 0 Å². The van der Waals surface area contributed by atoms with E-state index in [-0.39, 0.29) is 41.0 Å². The first-order valence-corrected chi connectivity index (χ1v) is 11.5. The molecule has 2 amide bonds. The van der Waals surface area contributed by atoms with E-state index in [4.69, 9.17) is 4.84 Å². The highest BCUT2D eigenvalue weighted by Gasteiger charge is 2.57. The summed E-state index contributed by atoms with van der Waals surface area (Å²) in [4.78, 5) is 33.8. The van der Waals surface area contributed by atoms with Gasteiger partial charge in [0, 0.05) is 30.0 Å². The van der Waals surface area contributed by atoms with Gasteiger partial charge in [-0.1, -0.05) is 51.1 Å². The maximum Gasteiger partial charge on any atom is 0.229 e. The van der Waals surface area contributed by atoms with Crippen LogP contribution in [0.1, 0.15) is 91.7 Å². The summed E-state index contributed by atoms with van der Waals surface area (Å²) < 4.78 is 0. The van der Waals surface area contributed by atoms with Gasteiger partial charge < -0.3 is 0 Å². The Bertz CT molecular complexity index is 751. The number of hydrogen-bond acceptors (Lipinski definition) is 4. The molecule has 166 valence electrons. The highest BCUT2D eigenvalue weighted by molar-refractivity contribution is 5.98. The second-order valence-electron chi connectivity index (χ2n) is 9.59. The Morgan fingerprint density at radius 1 is 1.07 bits per heavy atom. The van der Waals surface area contributed by atoms with Crippen molar-refractivity contribution in [1.29, 1.82) is 0 Å². The topological polar surface area (TPSA) is 49.9 Å². The van der Waals surface area contributed by atoms with Crippen molar-refractivity contribution in [2.45, 2.75) is 103 Å². The summed E-state index contributed by atoms with van der Waals surface area (Å²) in [7, 11) is 0. The standard InChI is InChI=1S/C25H38N2O3/c1-7-24(5)17-21(26-22(28)15-12-16-23(26)29)18(3)25(6,8-2)27(24)30-19(4)20-13-10-9-11-14-20/h9-11,13-14,18-19,21H,7-8,12,15-17H2,1-6H3. The summed E-state index contributed by atoms with van der Waals surface area (Å²) in [6.07, 6.45) is 4.04. The molecule has 5 atom stereocenters. The maximum absolute atomic E-state index is 12.8. The molecule has 1 aromatic carbocycles. The van der Waals surface area contributed by atoms with Gasteiger partial charge in [-0.05, 0) is 57.9 Å². The van der Waals surface area contributed by atoms with Gasteiger partial charge in [0.05, 0.1) is 0 Å². The van der Waals surface area contributed by atoms with Crippen molar-refractivity contribution in [1.82, 2.24) is 9.96 Å². The van der Waals surface area contributed by atoms with Crippen molar-refractivity contribution in [3.8, 4) is 0 Å². The van der Waals surface area contributed by atoms with Gasteiger partial charge >= 0.3 is 0 Å². The largest absolute Gasteiger partial charge is 0.290 e. The summed E-state index contributed by atoms with van der Waals surface area (Å²) in [6, 6.07) is 10.2. The highest BCUT2D eigenvalue weighted by atomic mass is 16.7. The molecule has 2 saturated heterocycles. The molecule has 1 aromatic rings. The number of piperidine rings is 2. The molecule has 5 heteroatoms. The summed E-state index contributed by atoms with van der Waals surface area (Å²) in [5, 5.41) is 2.22. The van der Waals surface area contributed by atoms with Crippen LogP contribution in [-0.2, 0) is 14.4 Å². The van der Waals surface area contributed by atoms with E-state index < -0.39 is 0 Å². The molecule has 0 N–H and O–H groups in total. The number of amides is 2. The summed E-state index contributed by atoms with van der Waals surface area (Å²) in [6.45, 7) is 13.1. The molecule has 3 rings (SSSR count). The molecule has 0 aliphatic carbocycles. The van der Waals surface area contributed by atoms with Crippen LogP contribution >= 0.6 is 0 Å². The van der Waals surface area contributed by atoms with Crippen molar-refractivity contribution in [2.24, 2.45) is 5.92 Å². The normalized spacial score (nSPS) is 34.3. The van der Waals surface area contributed by atoms with Crippen molar-refractivity contribution in [2.75, 3.05) is 0 Å². The lowest BCUT2D eigenvalue weighted by Gasteiger charge is -2.61. The number of imide groups is 1. The van der Waals surface area contributed by atoms with Gasteiger partial charge in [0.1, 0.15) is 6.10 Å². The number of hydrogen-bond donors (Lipinski definition) is 0. The van der Waals surface area contributed by atoms with Gasteiger partial charge in [-0.25, -0.2) is 0 Å². The number of benzene rings is 1. The molecule has 2 aliphatic heterocycles. The second-order valence-corrected chi connectivity index (χ2v) is 9.59. The van der Waals surface area contributed by atoms with Crippen LogP contribution in [0, 0.1) is 5.92 Å². The Kier molecular flexibility index (Phi) is 6.73. The van der Waals surface area contributed by atoms with Gasteiger partial charge in [0.25, 0.3) is 0 Å². The van der Waals surface area contributed by atoms with Crippen molar-refractivity contribution >= 4 is 11.8 Å². The van der Waals surface area contributed by atoms with E-state index in [9.17, 15) is 9.59 Å². The van der Waals surface area contributed by atoms with E-state index in [0.29, 0.717) is 19.3 Å². The molecule has 2 fully saturated rings. The van der Waals surface area contributed by atoms with Crippen LogP contribution in [0.15, 0.2) is 30.3 Å². The van der Waals surface area contributed by atoms with Gasteiger partial charge in [0.2, 0.25) is 11.8 Å². The third kappa shape index (κ3) is 3.94. The Hall–Kier alpha value is -1.72. The molecular formula is C25H38N2O3. The smallest absolute Gasteiger partial charge is 0.229 e. The van der Waals surface area contributed by atoms with Crippen LogP contribution in [0.3, 0.4) is 0 Å². The quantitative estimate of drug-likeness (QED) is 0.595. The molecule has 2 heterocycles. The Morgan fingerprint density at radius 3 is 2.20 bits per heavy atom. The van der Waals surface area contributed by atoms with Gasteiger partial charge in [-0.15, -0.1) is 0 Å². The van der Waals surface area contributed by atoms with Crippen LogP contribution in [0.2, 0.25) is 0 Å². The minimum atomic E-state index is -0.297. The third-order valence-electron chi connectivity index (χ3n) is 7.82. The molecule has 30 heavy (non-hydrogen) atoms. The van der Waals surface area contributed by atoms with Crippen LogP contribution in [-0.4, -0.2) is 38.9 Å². The molecular weight excluding hydrogens is 376 g/mol. The fraction of sp³-hybridized carbons (Fsp3) is 0.680. The number of carbonyl (C=O) groups is 2. The van der Waals surface area contributed by atoms with E-state index in [1.807, 2.05) is 18.2 Å². The lowest BCUT2D eigenvalue weighted by molar-refractivity contribution is -0.330. The molecule has 0 bridgehead atoms. The van der Waals surface area contributed by atoms with Crippen LogP contribution in [0.25, 0.3) is 0 Å². The van der Waals surface area contributed by atoms with Crippen molar-refractivity contribution in [3.05, 3.63) is 35.9 Å². The molecule has 0 radical (unpaired) electrons. The monoisotopic (exact) mass is 414 g/mol. The Balaban J connectivity index is 1.96. The predicted octanol–water partition coefficient (Wildman–Crippen LogP) is 5.27. The van der Waals surface area contributed by atoms with Crippen LogP contribution in [0.5, 0.6) is 0 Å². The highest BCUT2D eigenvalue weighted by Crippen LogP contribution is 2.49. The lowest BCUT2D eigenvalue weighted by atomic mass is 9.67. The van der Waals surface area contributed by atoms with E-state index >= 15 is 0 Å². The van der Waals surface area contributed by atoms with Crippen molar-refractivity contribution < 1.29 is 14.4 Å². The maximum atomic E-state index is 12.8. The van der Waals surface area contributed by atoms with Gasteiger partial charge in [-0.3, -0.25) is 19.3 Å². The second kappa shape index (κ2) is 8.80. The summed E-state index contributed by atoms with van der Waals surface area (Å²) in [5.41, 5.74) is 0.572. The van der Waals surface area contributed by atoms with E-state index in [2.05, 4.69) is 58.7 Å². The fourth-order valence-electron chi connectivity index (χ4n) is 5.33. The summed E-state index contributed by atoms with van der Waals surface area (Å²) >= 11 is 0. The number of hydroxylamine groups is 2. The molecule has 0 spiro atoms. The summed E-state index contributed by atoms with van der Waals surface area (Å²) in [5.74, 6) is 0.0927. The minimum absolute atomic E-state index is 0.00738. The SMILES string of the molecule is CCC1(C)CC(N2C(=O)CCCC2=O)C(C)C(C)(CC)N1OC(C)c1ccccc1. The fourth-order valence-corrected chi connectivity index (χ4v) is 5.33. The average Bonchev–Trinajstić information content (AvgIpc) is 2.75. The first-order chi connectivity index (χ1) is 14.2. The zero-order chi connectivity index (χ0) is 22.1. The Morgan fingerprint density at radius 2 is 1.67 bits per heavy atom. The molecule has 0 aromatic heterocycles. The first kappa shape index (κ1) is 23.0. The zero-order valence-electron chi connectivity index (χ0n) is 19.5. The molecule has 5 unspecified atom stereocenters. The van der Waals surface area contributed by atoms with Crippen molar-refractivity contribution in [3.63, 3.8) is 0 Å². The third-order valence-corrected chi connectivity index (χ3v) is 7.82. The Labute approximate surface area is 181 Å². The van der Waals surface area contributed by atoms with Gasteiger partial charge in [0.15, 0.2) is 0 Å². The first-order valence-electron chi connectivity index (χ1n) is 11.5. The molecule has 0 saturated carbocycles. The predicted molar refractivity (Wildman–Crippen MR) is 118 cm³/mol. The van der Waals surface area contributed by atoms with E-state index in [1.54, 1.807) is 4.90 Å². The number of carbonyl (C=O) groups excluding carboxylic acids is 2. The van der Waals surface area contributed by atoms with Gasteiger partial charge in [-0.2, -0.15) is 5.06 Å². The van der Waals surface area contributed by atoms with E-state index in [1.165, 1.54) is 0 Å².